The summed E-state index contributed by atoms with van der Waals surface area (Å²) in [5.41, 5.74) is 2.09. The Morgan fingerprint density at radius 3 is 2.39 bits per heavy atom. The van der Waals surface area contributed by atoms with Gasteiger partial charge in [-0.2, -0.15) is 0 Å². The fourth-order valence-electron chi connectivity index (χ4n) is 3.35. The first-order chi connectivity index (χ1) is 13.4. The minimum absolute atomic E-state index is 0.220. The second-order valence-electron chi connectivity index (χ2n) is 6.38. The van der Waals surface area contributed by atoms with E-state index < -0.39 is 5.97 Å². The highest BCUT2D eigenvalue weighted by Crippen LogP contribution is 2.28. The molecule has 0 aliphatic carbocycles. The third kappa shape index (κ3) is 3.31. The van der Waals surface area contributed by atoms with Crippen molar-refractivity contribution in [3.05, 3.63) is 63.3 Å². The Morgan fingerprint density at radius 1 is 1.04 bits per heavy atom. The van der Waals surface area contributed by atoms with Gasteiger partial charge in [-0.25, -0.2) is 4.79 Å². The van der Waals surface area contributed by atoms with Gasteiger partial charge in [-0.1, -0.05) is 6.07 Å². The standard InChI is InChI=1S/C21H22N2O5/c1-12-18-15(19(13(2)22-12)21(25)28-5)8-9-23(20(18)24)11-14-6-7-16(26-3)17(10-14)27-4/h6-10H,11H2,1-5H3. The van der Waals surface area contributed by atoms with Gasteiger partial charge in [0.25, 0.3) is 5.56 Å². The number of benzene rings is 1. The summed E-state index contributed by atoms with van der Waals surface area (Å²) in [6, 6.07) is 7.25. The molecule has 2 aromatic heterocycles. The lowest BCUT2D eigenvalue weighted by atomic mass is 10.0. The number of esters is 1. The predicted molar refractivity (Wildman–Crippen MR) is 105 cm³/mol. The number of aryl methyl sites for hydroxylation is 2. The normalized spacial score (nSPS) is 10.8. The molecule has 0 radical (unpaired) electrons. The van der Waals surface area contributed by atoms with Crippen LogP contribution in [-0.2, 0) is 11.3 Å². The first-order valence-corrected chi connectivity index (χ1v) is 8.70. The third-order valence-electron chi connectivity index (χ3n) is 4.68. The molecule has 0 spiro atoms. The zero-order valence-corrected chi connectivity index (χ0v) is 16.5. The number of aromatic nitrogens is 2. The van der Waals surface area contributed by atoms with Crippen molar-refractivity contribution in [3.63, 3.8) is 0 Å². The van der Waals surface area contributed by atoms with Crippen molar-refractivity contribution in [3.8, 4) is 11.5 Å². The van der Waals surface area contributed by atoms with E-state index in [1.807, 2.05) is 12.1 Å². The zero-order valence-electron chi connectivity index (χ0n) is 16.5. The lowest BCUT2D eigenvalue weighted by molar-refractivity contribution is 0.0601. The highest BCUT2D eigenvalue weighted by atomic mass is 16.5. The topological polar surface area (TPSA) is 79.7 Å². The van der Waals surface area contributed by atoms with Crippen molar-refractivity contribution in [1.29, 1.82) is 0 Å². The van der Waals surface area contributed by atoms with Crippen LogP contribution in [0.25, 0.3) is 10.8 Å². The first-order valence-electron chi connectivity index (χ1n) is 8.70. The number of hydrogen-bond acceptors (Lipinski definition) is 6. The molecule has 2 heterocycles. The van der Waals surface area contributed by atoms with E-state index in [0.29, 0.717) is 45.8 Å². The Bertz CT molecular complexity index is 1120. The van der Waals surface area contributed by atoms with E-state index in [0.717, 1.165) is 5.56 Å². The van der Waals surface area contributed by atoms with Crippen LogP contribution in [0, 0.1) is 13.8 Å². The maximum atomic E-state index is 13.1. The first kappa shape index (κ1) is 19.4. The van der Waals surface area contributed by atoms with Gasteiger partial charge in [-0.05, 0) is 37.6 Å². The summed E-state index contributed by atoms with van der Waals surface area (Å²) in [6.07, 6.45) is 1.67. The Labute approximate surface area is 162 Å². The molecule has 1 aromatic carbocycles. The minimum Gasteiger partial charge on any atom is -0.493 e. The average Bonchev–Trinajstić information content (AvgIpc) is 2.69. The number of pyridine rings is 2. The van der Waals surface area contributed by atoms with E-state index in [1.54, 1.807) is 51.0 Å². The van der Waals surface area contributed by atoms with Crippen LogP contribution in [0.3, 0.4) is 0 Å². The van der Waals surface area contributed by atoms with Crippen LogP contribution in [0.5, 0.6) is 11.5 Å². The van der Waals surface area contributed by atoms with Crippen molar-refractivity contribution >= 4 is 16.7 Å². The van der Waals surface area contributed by atoms with Gasteiger partial charge in [0.05, 0.1) is 50.2 Å². The van der Waals surface area contributed by atoms with Gasteiger partial charge < -0.3 is 18.8 Å². The Morgan fingerprint density at radius 2 is 1.75 bits per heavy atom. The van der Waals surface area contributed by atoms with Gasteiger partial charge in [0.2, 0.25) is 0 Å². The van der Waals surface area contributed by atoms with Crippen molar-refractivity contribution in [2.75, 3.05) is 21.3 Å². The minimum atomic E-state index is -0.507. The van der Waals surface area contributed by atoms with Crippen LogP contribution in [-0.4, -0.2) is 36.8 Å². The Balaban J connectivity index is 2.13. The summed E-state index contributed by atoms with van der Waals surface area (Å²) in [4.78, 5) is 29.7. The molecule has 0 bridgehead atoms. The zero-order chi connectivity index (χ0) is 20.4. The summed E-state index contributed by atoms with van der Waals surface area (Å²) in [5.74, 6) is 0.706. The fourth-order valence-corrected chi connectivity index (χ4v) is 3.35. The third-order valence-corrected chi connectivity index (χ3v) is 4.68. The van der Waals surface area contributed by atoms with Gasteiger partial charge in [-0.3, -0.25) is 9.78 Å². The summed E-state index contributed by atoms with van der Waals surface area (Å²) in [7, 11) is 4.45. The molecule has 3 aromatic rings. The second-order valence-corrected chi connectivity index (χ2v) is 6.38. The van der Waals surface area contributed by atoms with Crippen molar-refractivity contribution in [2.24, 2.45) is 0 Å². The summed E-state index contributed by atoms with van der Waals surface area (Å²) >= 11 is 0. The molecule has 0 aliphatic heterocycles. The molecule has 28 heavy (non-hydrogen) atoms. The predicted octanol–water partition coefficient (Wildman–Crippen LogP) is 2.87. The molecular weight excluding hydrogens is 360 g/mol. The number of fused-ring (bicyclic) bond motifs is 1. The molecule has 0 aliphatic rings. The Kier molecular flexibility index (Phi) is 5.35. The highest BCUT2D eigenvalue weighted by Gasteiger charge is 2.19. The molecular formula is C21H22N2O5. The van der Waals surface area contributed by atoms with E-state index in [-0.39, 0.29) is 5.56 Å². The summed E-state index contributed by atoms with van der Waals surface area (Å²) in [5, 5.41) is 0.958. The summed E-state index contributed by atoms with van der Waals surface area (Å²) in [6.45, 7) is 3.84. The van der Waals surface area contributed by atoms with Gasteiger partial charge in [0.1, 0.15) is 0 Å². The SMILES string of the molecule is COC(=O)c1c(C)nc(C)c2c(=O)n(Cc3ccc(OC)c(OC)c3)ccc12. The van der Waals surface area contributed by atoms with Crippen LogP contribution >= 0.6 is 0 Å². The van der Waals surface area contributed by atoms with Crippen LogP contribution in [0.2, 0.25) is 0 Å². The lowest BCUT2D eigenvalue weighted by Crippen LogP contribution is -2.22. The van der Waals surface area contributed by atoms with E-state index >= 15 is 0 Å². The maximum absolute atomic E-state index is 13.1. The van der Waals surface area contributed by atoms with Gasteiger partial charge in [-0.15, -0.1) is 0 Å². The fraction of sp³-hybridized carbons (Fsp3) is 0.286. The van der Waals surface area contributed by atoms with E-state index in [2.05, 4.69) is 4.98 Å². The Hall–Kier alpha value is -3.35. The quantitative estimate of drug-likeness (QED) is 0.632. The van der Waals surface area contributed by atoms with Crippen molar-refractivity contribution in [2.45, 2.75) is 20.4 Å². The molecule has 0 unspecified atom stereocenters. The molecule has 0 atom stereocenters. The molecule has 0 N–H and O–H groups in total. The van der Waals surface area contributed by atoms with Crippen LogP contribution in [0.4, 0.5) is 0 Å². The molecule has 7 nitrogen and oxygen atoms in total. The molecule has 0 saturated carbocycles. The maximum Gasteiger partial charge on any atom is 0.340 e. The van der Waals surface area contributed by atoms with Crippen LogP contribution in [0.15, 0.2) is 35.3 Å². The number of hydrogen-bond donors (Lipinski definition) is 0. The number of rotatable bonds is 5. The van der Waals surface area contributed by atoms with E-state index in [1.165, 1.54) is 7.11 Å². The van der Waals surface area contributed by atoms with Gasteiger partial charge in [0, 0.05) is 11.6 Å². The van der Waals surface area contributed by atoms with Crippen LogP contribution in [0.1, 0.15) is 27.3 Å². The number of nitrogens with zero attached hydrogens (tertiary/aromatic N) is 2. The molecule has 0 saturated heterocycles. The second kappa shape index (κ2) is 7.72. The highest BCUT2D eigenvalue weighted by molar-refractivity contribution is 6.05. The molecule has 0 fully saturated rings. The monoisotopic (exact) mass is 382 g/mol. The molecule has 146 valence electrons. The van der Waals surface area contributed by atoms with Gasteiger partial charge in [0.15, 0.2) is 11.5 Å². The summed E-state index contributed by atoms with van der Waals surface area (Å²) < 4.78 is 17.0. The van der Waals surface area contributed by atoms with Crippen molar-refractivity contribution < 1.29 is 19.0 Å². The smallest absolute Gasteiger partial charge is 0.340 e. The molecule has 7 heteroatoms. The number of ether oxygens (including phenoxy) is 3. The number of methoxy groups -OCH3 is 3. The van der Waals surface area contributed by atoms with Crippen LogP contribution < -0.4 is 15.0 Å². The largest absolute Gasteiger partial charge is 0.493 e. The van der Waals surface area contributed by atoms with Crippen molar-refractivity contribution in [1.82, 2.24) is 9.55 Å². The number of carbonyl (C=O) groups excluding carboxylic acids is 1. The lowest BCUT2D eigenvalue weighted by Gasteiger charge is -2.14. The number of carbonyl (C=O) groups is 1. The van der Waals surface area contributed by atoms with E-state index in [4.69, 9.17) is 14.2 Å². The average molecular weight is 382 g/mol. The molecule has 0 amide bonds. The van der Waals surface area contributed by atoms with Gasteiger partial charge >= 0.3 is 5.97 Å². The molecule has 3 rings (SSSR count). The van der Waals surface area contributed by atoms with E-state index in [9.17, 15) is 9.59 Å².